The lowest BCUT2D eigenvalue weighted by molar-refractivity contribution is 0.137. The van der Waals surface area contributed by atoms with E-state index >= 15 is 0 Å². The monoisotopic (exact) mass is 408 g/mol. The zero-order valence-corrected chi connectivity index (χ0v) is 20.8. The first-order valence-corrected chi connectivity index (χ1v) is 14.2. The van der Waals surface area contributed by atoms with Crippen LogP contribution in [0.25, 0.3) is 0 Å². The van der Waals surface area contributed by atoms with Crippen molar-refractivity contribution < 1.29 is 13.7 Å². The second-order valence-electron chi connectivity index (χ2n) is 10.3. The van der Waals surface area contributed by atoms with E-state index in [0.29, 0.717) is 6.61 Å². The third-order valence-electron chi connectivity index (χ3n) is 5.79. The molecular formula is C23H45BO3Si. The SMILES string of the molecule is CCCCC/C=C/C[C@H](CC/C=C/B1OCC(C)(C)O1)O[Si](C)(C)C(C)(C)C. The van der Waals surface area contributed by atoms with Gasteiger partial charge in [0.1, 0.15) is 0 Å². The Hall–Kier alpha value is -0.358. The molecule has 1 aliphatic rings. The number of rotatable bonds is 12. The quantitative estimate of drug-likeness (QED) is 0.196. The minimum absolute atomic E-state index is 0.175. The van der Waals surface area contributed by atoms with Gasteiger partial charge in [-0.05, 0) is 64.1 Å². The zero-order valence-electron chi connectivity index (χ0n) is 19.8. The fraction of sp³-hybridized carbons (Fsp3) is 0.826. The molecule has 0 N–H and O–H groups in total. The van der Waals surface area contributed by atoms with Gasteiger partial charge in [0.2, 0.25) is 0 Å². The van der Waals surface area contributed by atoms with Gasteiger partial charge in [-0.15, -0.1) is 0 Å². The first-order valence-electron chi connectivity index (χ1n) is 11.3. The topological polar surface area (TPSA) is 27.7 Å². The van der Waals surface area contributed by atoms with Crippen LogP contribution >= 0.6 is 0 Å². The third kappa shape index (κ3) is 9.91. The summed E-state index contributed by atoms with van der Waals surface area (Å²) in [4.78, 5) is 0. The van der Waals surface area contributed by atoms with Crippen LogP contribution in [0.1, 0.15) is 86.5 Å². The third-order valence-corrected chi connectivity index (χ3v) is 10.3. The highest BCUT2D eigenvalue weighted by molar-refractivity contribution is 6.74. The molecule has 1 saturated heterocycles. The van der Waals surface area contributed by atoms with E-state index in [-0.39, 0.29) is 23.9 Å². The van der Waals surface area contributed by atoms with Gasteiger partial charge in [0.25, 0.3) is 0 Å². The summed E-state index contributed by atoms with van der Waals surface area (Å²) in [5.74, 6) is 2.05. The second kappa shape index (κ2) is 11.7. The van der Waals surface area contributed by atoms with E-state index in [1.807, 2.05) is 0 Å². The number of unbranched alkanes of at least 4 members (excludes halogenated alkanes) is 3. The van der Waals surface area contributed by atoms with Crippen LogP contribution in [0.3, 0.4) is 0 Å². The van der Waals surface area contributed by atoms with Gasteiger partial charge in [-0.2, -0.15) is 0 Å². The molecule has 0 bridgehead atoms. The van der Waals surface area contributed by atoms with E-state index in [9.17, 15) is 0 Å². The van der Waals surface area contributed by atoms with Gasteiger partial charge in [0, 0.05) is 6.10 Å². The lowest BCUT2D eigenvalue weighted by Gasteiger charge is -2.39. The predicted octanol–water partition coefficient (Wildman–Crippen LogP) is 7.09. The summed E-state index contributed by atoms with van der Waals surface area (Å²) in [6, 6.07) is 0. The van der Waals surface area contributed by atoms with Crippen molar-refractivity contribution in [2.75, 3.05) is 6.61 Å². The van der Waals surface area contributed by atoms with E-state index < -0.39 is 8.32 Å². The van der Waals surface area contributed by atoms with Crippen molar-refractivity contribution in [1.82, 2.24) is 0 Å². The Balaban J connectivity index is 2.54. The van der Waals surface area contributed by atoms with Gasteiger partial charge in [-0.25, -0.2) is 0 Å². The van der Waals surface area contributed by atoms with Crippen molar-refractivity contribution in [2.45, 2.75) is 116 Å². The second-order valence-corrected chi connectivity index (χ2v) is 15.0. The van der Waals surface area contributed by atoms with E-state index in [1.54, 1.807) is 0 Å². The average molecular weight is 409 g/mol. The molecule has 0 aliphatic carbocycles. The Morgan fingerprint density at radius 2 is 1.82 bits per heavy atom. The van der Waals surface area contributed by atoms with Crippen LogP contribution in [0, 0.1) is 0 Å². The average Bonchev–Trinajstić information content (AvgIpc) is 2.92. The first-order chi connectivity index (χ1) is 13.0. The molecule has 0 spiro atoms. The van der Waals surface area contributed by atoms with Crippen LogP contribution in [-0.2, 0) is 13.7 Å². The van der Waals surface area contributed by atoms with E-state index in [4.69, 9.17) is 13.7 Å². The summed E-state index contributed by atoms with van der Waals surface area (Å²) in [5.41, 5.74) is -0.175. The van der Waals surface area contributed by atoms with E-state index in [2.05, 4.69) is 78.8 Å². The molecule has 1 fully saturated rings. The van der Waals surface area contributed by atoms with E-state index in [1.165, 1.54) is 25.7 Å². The lowest BCUT2D eigenvalue weighted by atomic mass is 9.89. The Kier molecular flexibility index (Phi) is 10.8. The molecule has 0 radical (unpaired) electrons. The molecule has 0 saturated carbocycles. The fourth-order valence-corrected chi connectivity index (χ4v) is 4.35. The maximum atomic E-state index is 6.73. The van der Waals surface area contributed by atoms with Crippen molar-refractivity contribution in [3.63, 3.8) is 0 Å². The van der Waals surface area contributed by atoms with Crippen molar-refractivity contribution in [3.8, 4) is 0 Å². The van der Waals surface area contributed by atoms with Gasteiger partial charge >= 0.3 is 7.12 Å². The highest BCUT2D eigenvalue weighted by Gasteiger charge is 2.39. The summed E-state index contributed by atoms with van der Waals surface area (Å²) >= 11 is 0. The van der Waals surface area contributed by atoms with Crippen LogP contribution in [0.2, 0.25) is 18.1 Å². The highest BCUT2D eigenvalue weighted by Crippen LogP contribution is 2.38. The molecule has 0 aromatic carbocycles. The molecule has 1 aliphatic heterocycles. The molecule has 0 unspecified atom stereocenters. The van der Waals surface area contributed by atoms with Crippen molar-refractivity contribution in [1.29, 1.82) is 0 Å². The molecule has 1 rings (SSSR count). The molecule has 28 heavy (non-hydrogen) atoms. The summed E-state index contributed by atoms with van der Waals surface area (Å²) < 4.78 is 18.2. The maximum Gasteiger partial charge on any atom is 0.486 e. The summed E-state index contributed by atoms with van der Waals surface area (Å²) in [7, 11) is -1.96. The van der Waals surface area contributed by atoms with Gasteiger partial charge < -0.3 is 13.7 Å². The minimum atomic E-state index is -1.76. The molecular weight excluding hydrogens is 363 g/mol. The normalized spacial score (nSPS) is 19.2. The maximum absolute atomic E-state index is 6.73. The van der Waals surface area contributed by atoms with Crippen molar-refractivity contribution >= 4 is 15.4 Å². The smallest absolute Gasteiger partial charge is 0.414 e. The van der Waals surface area contributed by atoms with Gasteiger partial charge in [-0.3, -0.25) is 0 Å². The molecule has 0 amide bonds. The fourth-order valence-electron chi connectivity index (χ4n) is 2.95. The standard InChI is InChI=1S/C23H45BO3Si/c1-9-10-11-12-13-14-17-21(26-28(7,8)22(2,3)4)18-15-16-19-24-25-20-23(5,6)27-24/h13-14,16,19,21H,9-12,15,17-18,20H2,1-8H3/b14-13+,19-16+/t21-/m1/s1. The minimum Gasteiger partial charge on any atom is -0.414 e. The Labute approximate surface area is 176 Å². The molecule has 162 valence electrons. The van der Waals surface area contributed by atoms with Crippen LogP contribution in [-0.4, -0.2) is 33.7 Å². The molecule has 1 atom stereocenters. The van der Waals surface area contributed by atoms with Crippen LogP contribution in [0.5, 0.6) is 0 Å². The summed E-state index contributed by atoms with van der Waals surface area (Å²) in [5, 5.41) is 0.239. The lowest BCUT2D eigenvalue weighted by Crippen LogP contribution is -2.43. The predicted molar refractivity (Wildman–Crippen MR) is 125 cm³/mol. The number of allylic oxidation sites excluding steroid dienone is 2. The van der Waals surface area contributed by atoms with Crippen molar-refractivity contribution in [2.24, 2.45) is 0 Å². The summed E-state index contributed by atoms with van der Waals surface area (Å²) in [6.07, 6.45) is 15.3. The van der Waals surface area contributed by atoms with Crippen LogP contribution < -0.4 is 0 Å². The van der Waals surface area contributed by atoms with Gasteiger partial charge in [-0.1, -0.05) is 64.7 Å². The number of hydrogen-bond donors (Lipinski definition) is 0. The Bertz CT molecular complexity index is 495. The number of hydrogen-bond acceptors (Lipinski definition) is 3. The van der Waals surface area contributed by atoms with Gasteiger partial charge in [0.15, 0.2) is 8.32 Å². The Morgan fingerprint density at radius 3 is 2.39 bits per heavy atom. The molecule has 0 aromatic rings. The molecule has 3 nitrogen and oxygen atoms in total. The molecule has 0 aromatic heterocycles. The van der Waals surface area contributed by atoms with Gasteiger partial charge in [0.05, 0.1) is 12.2 Å². The molecule has 1 heterocycles. The summed E-state index contributed by atoms with van der Waals surface area (Å²) in [6.45, 7) is 18.7. The first kappa shape index (κ1) is 25.7. The van der Waals surface area contributed by atoms with Crippen molar-refractivity contribution in [3.05, 3.63) is 24.2 Å². The largest absolute Gasteiger partial charge is 0.486 e. The van der Waals surface area contributed by atoms with Crippen LogP contribution in [0.4, 0.5) is 0 Å². The zero-order chi connectivity index (χ0) is 21.3. The highest BCUT2D eigenvalue weighted by atomic mass is 28.4. The Morgan fingerprint density at radius 1 is 1.11 bits per heavy atom. The van der Waals surface area contributed by atoms with Crippen LogP contribution in [0.15, 0.2) is 24.2 Å². The van der Waals surface area contributed by atoms with E-state index in [0.717, 1.165) is 19.3 Å². The molecule has 5 heteroatoms.